The van der Waals surface area contributed by atoms with Crippen LogP contribution in [-0.4, -0.2) is 18.5 Å². The molecule has 0 radical (unpaired) electrons. The van der Waals surface area contributed by atoms with Gasteiger partial charge in [0.2, 0.25) is 5.91 Å². The van der Waals surface area contributed by atoms with Gasteiger partial charge in [0.25, 0.3) is 0 Å². The molecule has 1 atom stereocenters. The first-order chi connectivity index (χ1) is 7.74. The molecule has 0 aliphatic carbocycles. The van der Waals surface area contributed by atoms with E-state index in [4.69, 9.17) is 0 Å². The number of nitrogens with one attached hydrogen (secondary N) is 2. The maximum absolute atomic E-state index is 11.7. The molecule has 94 valence electrons. The molecule has 1 aliphatic rings. The smallest absolute Gasteiger partial charge is 0.225 e. The second kappa shape index (κ2) is 7.18. The summed E-state index contributed by atoms with van der Waals surface area (Å²) in [6.07, 6.45) is 2.87. The SMILES string of the molecule is Cl.O=C(CC1CCCN1)Nc1cccc(I)c1. The zero-order valence-electron chi connectivity index (χ0n) is 9.41. The van der Waals surface area contributed by atoms with Gasteiger partial charge in [-0.05, 0) is 60.2 Å². The maximum Gasteiger partial charge on any atom is 0.225 e. The highest BCUT2D eigenvalue weighted by atomic mass is 127. The van der Waals surface area contributed by atoms with Gasteiger partial charge >= 0.3 is 0 Å². The van der Waals surface area contributed by atoms with Gasteiger partial charge in [-0.15, -0.1) is 12.4 Å². The molecule has 1 aromatic rings. The summed E-state index contributed by atoms with van der Waals surface area (Å²) in [6, 6.07) is 8.21. The summed E-state index contributed by atoms with van der Waals surface area (Å²) in [5.41, 5.74) is 0.884. The van der Waals surface area contributed by atoms with E-state index < -0.39 is 0 Å². The van der Waals surface area contributed by atoms with Gasteiger partial charge < -0.3 is 10.6 Å². The van der Waals surface area contributed by atoms with Gasteiger partial charge in [0.1, 0.15) is 0 Å². The molecule has 1 unspecified atom stereocenters. The number of anilines is 1. The lowest BCUT2D eigenvalue weighted by Crippen LogP contribution is -2.27. The minimum Gasteiger partial charge on any atom is -0.326 e. The van der Waals surface area contributed by atoms with Gasteiger partial charge in [0.05, 0.1) is 0 Å². The Morgan fingerprint density at radius 3 is 3.00 bits per heavy atom. The Kier molecular flexibility index (Phi) is 6.22. The Morgan fingerprint density at radius 1 is 1.53 bits per heavy atom. The monoisotopic (exact) mass is 366 g/mol. The molecule has 1 aromatic carbocycles. The lowest BCUT2D eigenvalue weighted by molar-refractivity contribution is -0.116. The van der Waals surface area contributed by atoms with E-state index in [9.17, 15) is 4.79 Å². The fourth-order valence-corrected chi connectivity index (χ4v) is 2.48. The maximum atomic E-state index is 11.7. The van der Waals surface area contributed by atoms with Crippen molar-refractivity contribution in [2.45, 2.75) is 25.3 Å². The fraction of sp³-hybridized carbons (Fsp3) is 0.417. The van der Waals surface area contributed by atoms with Gasteiger partial charge in [-0.3, -0.25) is 4.79 Å². The third-order valence-electron chi connectivity index (χ3n) is 2.70. The lowest BCUT2D eigenvalue weighted by atomic mass is 10.1. The third kappa shape index (κ3) is 4.81. The normalized spacial score (nSPS) is 18.5. The largest absolute Gasteiger partial charge is 0.326 e. The standard InChI is InChI=1S/C12H15IN2O.ClH/c13-9-3-1-4-11(7-9)15-12(16)8-10-5-2-6-14-10;/h1,3-4,7,10,14H,2,5-6,8H2,(H,15,16);1H. The topological polar surface area (TPSA) is 41.1 Å². The molecule has 0 spiro atoms. The van der Waals surface area contributed by atoms with E-state index in [0.29, 0.717) is 12.5 Å². The zero-order valence-corrected chi connectivity index (χ0v) is 12.4. The van der Waals surface area contributed by atoms with Crippen LogP contribution in [0.1, 0.15) is 19.3 Å². The molecule has 5 heteroatoms. The van der Waals surface area contributed by atoms with Crippen molar-refractivity contribution in [1.82, 2.24) is 5.32 Å². The predicted molar refractivity (Wildman–Crippen MR) is 80.7 cm³/mol. The molecule has 0 aromatic heterocycles. The molecular formula is C12H16ClIN2O. The summed E-state index contributed by atoms with van der Waals surface area (Å²) in [4.78, 5) is 11.7. The fourth-order valence-electron chi connectivity index (χ4n) is 1.93. The number of hydrogen-bond acceptors (Lipinski definition) is 2. The average Bonchev–Trinajstić information content (AvgIpc) is 2.70. The Hall–Kier alpha value is -0.330. The Labute approximate surface area is 121 Å². The molecular weight excluding hydrogens is 351 g/mol. The van der Waals surface area contributed by atoms with Crippen molar-refractivity contribution in [3.63, 3.8) is 0 Å². The highest BCUT2D eigenvalue weighted by Gasteiger charge is 2.17. The summed E-state index contributed by atoms with van der Waals surface area (Å²) in [7, 11) is 0. The van der Waals surface area contributed by atoms with E-state index in [1.54, 1.807) is 0 Å². The number of amides is 1. The van der Waals surface area contributed by atoms with Crippen molar-refractivity contribution in [3.8, 4) is 0 Å². The molecule has 2 rings (SSSR count). The van der Waals surface area contributed by atoms with Crippen molar-refractivity contribution < 1.29 is 4.79 Å². The third-order valence-corrected chi connectivity index (χ3v) is 3.37. The molecule has 2 N–H and O–H groups in total. The molecule has 0 saturated carbocycles. The highest BCUT2D eigenvalue weighted by Crippen LogP contribution is 2.14. The van der Waals surface area contributed by atoms with Gasteiger partial charge in [0.15, 0.2) is 0 Å². The molecule has 1 saturated heterocycles. The number of halogens is 2. The van der Waals surface area contributed by atoms with Crippen molar-refractivity contribution in [2.75, 3.05) is 11.9 Å². The van der Waals surface area contributed by atoms with Crippen LogP contribution in [-0.2, 0) is 4.79 Å². The van der Waals surface area contributed by atoms with Gasteiger partial charge in [-0.25, -0.2) is 0 Å². The molecule has 1 aliphatic heterocycles. The van der Waals surface area contributed by atoms with Crippen LogP contribution in [0.25, 0.3) is 0 Å². The summed E-state index contributed by atoms with van der Waals surface area (Å²) < 4.78 is 1.13. The van der Waals surface area contributed by atoms with Crippen LogP contribution >= 0.6 is 35.0 Å². The Balaban J connectivity index is 0.00000144. The van der Waals surface area contributed by atoms with Crippen LogP contribution in [0.3, 0.4) is 0 Å². The van der Waals surface area contributed by atoms with Crippen molar-refractivity contribution in [1.29, 1.82) is 0 Å². The molecule has 0 bridgehead atoms. The van der Waals surface area contributed by atoms with E-state index in [1.165, 1.54) is 6.42 Å². The van der Waals surface area contributed by atoms with Crippen LogP contribution in [0.2, 0.25) is 0 Å². The first-order valence-electron chi connectivity index (χ1n) is 5.53. The van der Waals surface area contributed by atoms with Crippen molar-refractivity contribution in [2.24, 2.45) is 0 Å². The van der Waals surface area contributed by atoms with Crippen molar-refractivity contribution in [3.05, 3.63) is 27.8 Å². The van der Waals surface area contributed by atoms with E-state index in [0.717, 1.165) is 22.2 Å². The Morgan fingerprint density at radius 2 is 2.35 bits per heavy atom. The summed E-state index contributed by atoms with van der Waals surface area (Å²) >= 11 is 2.24. The first kappa shape index (κ1) is 14.7. The second-order valence-corrected chi connectivity index (χ2v) is 5.30. The summed E-state index contributed by atoms with van der Waals surface area (Å²) in [5, 5.41) is 6.25. The van der Waals surface area contributed by atoms with Crippen LogP contribution in [0.15, 0.2) is 24.3 Å². The van der Waals surface area contributed by atoms with Gasteiger partial charge in [0, 0.05) is 21.7 Å². The highest BCUT2D eigenvalue weighted by molar-refractivity contribution is 14.1. The zero-order chi connectivity index (χ0) is 11.4. The van der Waals surface area contributed by atoms with E-state index in [2.05, 4.69) is 33.2 Å². The van der Waals surface area contributed by atoms with E-state index in [1.807, 2.05) is 24.3 Å². The molecule has 3 nitrogen and oxygen atoms in total. The lowest BCUT2D eigenvalue weighted by Gasteiger charge is -2.10. The van der Waals surface area contributed by atoms with Gasteiger partial charge in [-0.2, -0.15) is 0 Å². The predicted octanol–water partition coefficient (Wildman–Crippen LogP) is 2.79. The van der Waals surface area contributed by atoms with Crippen LogP contribution < -0.4 is 10.6 Å². The van der Waals surface area contributed by atoms with Crippen molar-refractivity contribution >= 4 is 46.6 Å². The number of benzene rings is 1. The number of carbonyl (C=O) groups is 1. The molecule has 1 heterocycles. The minimum atomic E-state index is 0. The van der Waals surface area contributed by atoms with E-state index in [-0.39, 0.29) is 18.3 Å². The molecule has 1 amide bonds. The molecule has 1 fully saturated rings. The van der Waals surface area contributed by atoms with Crippen LogP contribution in [0.4, 0.5) is 5.69 Å². The number of carbonyl (C=O) groups excluding carboxylic acids is 1. The average molecular weight is 367 g/mol. The minimum absolute atomic E-state index is 0. The first-order valence-corrected chi connectivity index (χ1v) is 6.61. The van der Waals surface area contributed by atoms with Crippen LogP contribution in [0.5, 0.6) is 0 Å². The number of hydrogen-bond donors (Lipinski definition) is 2. The molecule has 17 heavy (non-hydrogen) atoms. The summed E-state index contributed by atoms with van der Waals surface area (Å²) in [6.45, 7) is 1.04. The number of rotatable bonds is 3. The quantitative estimate of drug-likeness (QED) is 0.808. The van der Waals surface area contributed by atoms with Crippen LogP contribution in [0, 0.1) is 3.57 Å². The van der Waals surface area contributed by atoms with Gasteiger partial charge in [-0.1, -0.05) is 6.07 Å². The second-order valence-electron chi connectivity index (χ2n) is 4.06. The van der Waals surface area contributed by atoms with E-state index >= 15 is 0 Å². The Bertz CT molecular complexity index is 381. The summed E-state index contributed by atoms with van der Waals surface area (Å²) in [5.74, 6) is 0.0985.